The molecule has 0 N–H and O–H groups in total. The van der Waals surface area contributed by atoms with Gasteiger partial charge in [-0.15, -0.1) is 0 Å². The largest absolute Gasteiger partial charge is 0.454 e. The Labute approximate surface area is 822 Å². The lowest BCUT2D eigenvalue weighted by molar-refractivity contribution is 0.660. The van der Waals surface area contributed by atoms with Gasteiger partial charge in [0.1, 0.15) is 5.58 Å². The van der Waals surface area contributed by atoms with E-state index in [1.165, 1.54) is 138 Å². The van der Waals surface area contributed by atoms with E-state index in [2.05, 4.69) is 502 Å². The van der Waals surface area contributed by atoms with Gasteiger partial charge in [-0.2, -0.15) is 0 Å². The molecule has 0 atom stereocenters. The van der Waals surface area contributed by atoms with Crippen molar-refractivity contribution < 1.29 is 7.16 Å². The molecule has 1 aliphatic rings. The maximum atomic E-state index is 8.66. The summed E-state index contributed by atoms with van der Waals surface area (Å²) >= 11 is 0. The lowest BCUT2D eigenvalue weighted by atomic mass is 9.82. The van der Waals surface area contributed by atoms with Gasteiger partial charge in [0, 0.05) is 143 Å². The molecule has 7 aromatic heterocycles. The standard InChI is InChI=1S/C48H32N2.C45H32N2.C42H26N2O/c1-4-16-33(17-5-1)35-30-36(34-18-6-2-7-19-34)32-38(31-35)50-46-29-13-11-23-40(46)42-25-15-27-44(48(42)50)43-26-14-24-41-39-22-10-12-28-45(39)49(47(41)43)37-20-8-3-9-21-37;1-45(2)39-23-9-6-16-31(39)32-27-26-30(28-40(32)45)47-42-25-11-8-18-34(42)36-20-13-22-38(44(36)47)37-21-12-19-35-33-17-7-10-24-41(33)46(43(35)37)29-14-4-3-5-15-29;1-2-13-27(14-3-1)43-36-23-7-4-15-28(36)31-18-10-20-33(40(31)43)34-21-11-19-32-29-16-5-8-24-37(29)44(41(32)34)38-25-12-22-35-30-17-6-9-26-39(30)45-42(35)38/h1-32H;3-28H,1-2H3;1-26H/i10D,11D;;. The van der Waals surface area contributed by atoms with Crippen molar-refractivity contribution in [3.8, 4) is 101 Å². The first-order valence-electron chi connectivity index (χ1n) is 49.9. The van der Waals surface area contributed by atoms with Crippen molar-refractivity contribution in [2.75, 3.05) is 0 Å². The highest BCUT2D eigenvalue weighted by atomic mass is 16.3. The van der Waals surface area contributed by atoms with Crippen LogP contribution in [-0.2, 0) is 5.41 Å². The zero-order chi connectivity index (χ0) is 95.5. The van der Waals surface area contributed by atoms with Crippen LogP contribution in [0.4, 0.5) is 0 Å². The summed E-state index contributed by atoms with van der Waals surface area (Å²) < 4.78 is 38.3. The molecule has 7 nitrogen and oxygen atoms in total. The van der Waals surface area contributed by atoms with Gasteiger partial charge < -0.3 is 31.8 Å². The Balaban J connectivity index is 0.000000105. The zero-order valence-corrected chi connectivity index (χ0v) is 77.9. The first-order valence-corrected chi connectivity index (χ1v) is 48.9. The molecule has 666 valence electrons. The minimum absolute atomic E-state index is 0.0776. The van der Waals surface area contributed by atoms with Crippen LogP contribution >= 0.6 is 0 Å². The fraction of sp³-hybridized carbons (Fsp3) is 0.0222. The monoisotopic (exact) mass is 1810 g/mol. The van der Waals surface area contributed by atoms with Crippen LogP contribution < -0.4 is 0 Å². The van der Waals surface area contributed by atoms with Crippen LogP contribution in [0.3, 0.4) is 0 Å². The second kappa shape index (κ2) is 32.9. The molecule has 0 saturated heterocycles. The van der Waals surface area contributed by atoms with Crippen molar-refractivity contribution in [3.05, 3.63) is 521 Å². The maximum Gasteiger partial charge on any atom is 0.159 e. The van der Waals surface area contributed by atoms with E-state index in [9.17, 15) is 0 Å². The lowest BCUT2D eigenvalue weighted by Crippen LogP contribution is -2.15. The molecule has 0 radical (unpaired) electrons. The third-order valence-corrected chi connectivity index (χ3v) is 29.8. The normalized spacial score (nSPS) is 12.5. The molecule has 29 aromatic rings. The smallest absolute Gasteiger partial charge is 0.159 e. The van der Waals surface area contributed by atoms with Gasteiger partial charge in [0.2, 0.25) is 0 Å². The number of benzene rings is 22. The van der Waals surface area contributed by atoms with Gasteiger partial charge in [0.05, 0.1) is 74.6 Å². The van der Waals surface area contributed by atoms with Gasteiger partial charge in [-0.25, -0.2) is 0 Å². The summed E-state index contributed by atoms with van der Waals surface area (Å²) in [7, 11) is 0. The Morgan fingerprint density at radius 3 is 0.887 bits per heavy atom. The number of hydrogen-bond acceptors (Lipinski definition) is 1. The Morgan fingerprint density at radius 2 is 0.472 bits per heavy atom. The minimum Gasteiger partial charge on any atom is -0.454 e. The van der Waals surface area contributed by atoms with E-state index in [1.807, 2.05) is 36.4 Å². The van der Waals surface area contributed by atoms with Gasteiger partial charge in [0.15, 0.2) is 5.58 Å². The van der Waals surface area contributed by atoms with E-state index < -0.39 is 0 Å². The van der Waals surface area contributed by atoms with Crippen molar-refractivity contribution in [2.45, 2.75) is 19.3 Å². The number of para-hydroxylation sites is 17. The summed E-state index contributed by atoms with van der Waals surface area (Å²) in [6, 6.07) is 179. The highest BCUT2D eigenvalue weighted by Gasteiger charge is 2.37. The van der Waals surface area contributed by atoms with Crippen LogP contribution in [0.1, 0.15) is 27.7 Å². The number of rotatable bonds is 11. The molecule has 142 heavy (non-hydrogen) atoms. The molecule has 0 bridgehead atoms. The van der Waals surface area contributed by atoms with Crippen LogP contribution in [0.5, 0.6) is 0 Å². The maximum absolute atomic E-state index is 8.66. The molecule has 1 aliphatic carbocycles. The molecule has 0 unspecified atom stereocenters. The van der Waals surface area contributed by atoms with Gasteiger partial charge in [0.25, 0.3) is 0 Å². The van der Waals surface area contributed by atoms with E-state index in [-0.39, 0.29) is 5.41 Å². The van der Waals surface area contributed by atoms with Crippen LogP contribution in [0.15, 0.2) is 514 Å². The number of aromatic nitrogens is 6. The summed E-state index contributed by atoms with van der Waals surface area (Å²) in [5, 5.41) is 16.6. The van der Waals surface area contributed by atoms with Crippen LogP contribution in [-0.4, -0.2) is 27.4 Å². The number of furan rings is 1. The fourth-order valence-corrected chi connectivity index (χ4v) is 23.7. The summed E-state index contributed by atoms with van der Waals surface area (Å²) in [4.78, 5) is 0. The van der Waals surface area contributed by atoms with Gasteiger partial charge in [-0.05, 0) is 160 Å². The molecular formula is C135H90N6O. The van der Waals surface area contributed by atoms with Crippen molar-refractivity contribution in [2.24, 2.45) is 0 Å². The van der Waals surface area contributed by atoms with Gasteiger partial charge in [-0.1, -0.05) is 408 Å². The predicted octanol–water partition coefficient (Wildman–Crippen LogP) is 36.2. The summed E-state index contributed by atoms with van der Waals surface area (Å²) in [6.45, 7) is 4.73. The van der Waals surface area contributed by atoms with Crippen LogP contribution in [0, 0.1) is 0 Å². The summed E-state index contributed by atoms with van der Waals surface area (Å²) in [5.41, 5.74) is 39.4. The SMILES string of the molecule is CC1(C)c2ccccc2-c2ccc(-n3c4ccccc4c4cccc(-c5cccc6c7ccccc7n(-c7ccccc7)c56)c43)cc21.[2H]c1ccc2c(c1)c1cccc(-c3cccc4c5cc([2H])ccc5n(-c5cc(-c6ccccc6)cc(-c6ccccc6)c5)c34)c1n2-c1ccccc1.c1ccc(-n2c3ccccc3c3cccc(-c4cccc5c6ccccc6n(-c6cccc7c6oc6ccccc67)c45)c32)cc1. The van der Waals surface area contributed by atoms with E-state index in [4.69, 9.17) is 7.16 Å². The molecule has 30 rings (SSSR count). The average Bonchev–Trinajstić information content (AvgIpc) is 1.55. The molecule has 7 heteroatoms. The molecule has 0 spiro atoms. The van der Waals surface area contributed by atoms with Crippen LogP contribution in [0.25, 0.3) is 254 Å². The Morgan fingerprint density at radius 1 is 0.183 bits per heavy atom. The zero-order valence-electron chi connectivity index (χ0n) is 79.9. The highest BCUT2D eigenvalue weighted by Crippen LogP contribution is 2.53. The highest BCUT2D eigenvalue weighted by molar-refractivity contribution is 6.24. The minimum atomic E-state index is -0.0776. The Hall–Kier alpha value is -18.6. The molecule has 0 fully saturated rings. The van der Waals surface area contributed by atoms with Crippen molar-refractivity contribution in [1.82, 2.24) is 27.4 Å². The Kier molecular flexibility index (Phi) is 18.4. The summed E-state index contributed by atoms with van der Waals surface area (Å²) in [6.07, 6.45) is 0. The molecule has 7 heterocycles. The Bertz CT molecular complexity index is 10200. The van der Waals surface area contributed by atoms with Crippen molar-refractivity contribution in [3.63, 3.8) is 0 Å². The third kappa shape index (κ3) is 12.7. The van der Waals surface area contributed by atoms with Crippen molar-refractivity contribution >= 4 is 153 Å². The number of nitrogens with zero attached hydrogens (tertiary/aromatic N) is 6. The quantitative estimate of drug-likeness (QED) is 0.127. The summed E-state index contributed by atoms with van der Waals surface area (Å²) in [5.74, 6) is 0. The molecule has 0 saturated carbocycles. The molecule has 22 aromatic carbocycles. The second-order valence-corrected chi connectivity index (χ2v) is 37.8. The molecule has 0 aliphatic heterocycles. The third-order valence-electron chi connectivity index (χ3n) is 29.8. The second-order valence-electron chi connectivity index (χ2n) is 37.8. The number of hydrogen-bond donors (Lipinski definition) is 0. The van der Waals surface area contributed by atoms with E-state index in [0.717, 1.165) is 127 Å². The predicted molar refractivity (Wildman–Crippen MR) is 597 cm³/mol. The topological polar surface area (TPSA) is 42.7 Å². The van der Waals surface area contributed by atoms with Gasteiger partial charge >= 0.3 is 0 Å². The first kappa shape index (κ1) is 79.6. The van der Waals surface area contributed by atoms with Crippen LogP contribution in [0.2, 0.25) is 0 Å². The van der Waals surface area contributed by atoms with E-state index >= 15 is 0 Å². The van der Waals surface area contributed by atoms with Gasteiger partial charge in [-0.3, -0.25) is 0 Å². The average molecular weight is 1810 g/mol. The van der Waals surface area contributed by atoms with Crippen molar-refractivity contribution in [1.29, 1.82) is 0 Å². The molecular weight excluding hydrogens is 1720 g/mol. The number of fused-ring (bicyclic) bond motifs is 24. The first-order chi connectivity index (χ1) is 71.1. The van der Waals surface area contributed by atoms with E-state index in [1.54, 1.807) is 0 Å². The fourth-order valence-electron chi connectivity index (χ4n) is 23.7. The molecule has 0 amide bonds. The van der Waals surface area contributed by atoms with E-state index in [0.29, 0.717) is 12.1 Å². The lowest BCUT2D eigenvalue weighted by Gasteiger charge is -2.22.